The number of aliphatic hydroxyl groups is 1. The fraction of sp³-hybridized carbons (Fsp3) is 0.588. The minimum Gasteiger partial charge on any atom is -0.497 e. The van der Waals surface area contributed by atoms with Crippen LogP contribution in [-0.4, -0.2) is 58.3 Å². The minimum atomic E-state index is -1.28. The Balaban J connectivity index is 1.83. The Kier molecular flexibility index (Phi) is 4.45. The van der Waals surface area contributed by atoms with Gasteiger partial charge >= 0.3 is 5.97 Å². The molecule has 3 rings (SSSR count). The molecule has 7 nitrogen and oxygen atoms in total. The van der Waals surface area contributed by atoms with E-state index in [-0.39, 0.29) is 24.6 Å². The number of aliphatic carboxylic acids is 1. The van der Waals surface area contributed by atoms with Gasteiger partial charge in [-0.15, -0.1) is 0 Å². The summed E-state index contributed by atoms with van der Waals surface area (Å²) in [6.45, 7) is 0.330. The van der Waals surface area contributed by atoms with Crippen molar-refractivity contribution in [1.29, 1.82) is 0 Å². The van der Waals surface area contributed by atoms with Crippen LogP contribution in [0.15, 0.2) is 18.3 Å². The molecular formula is C17H22N2O5. The van der Waals surface area contributed by atoms with E-state index < -0.39 is 17.5 Å². The second kappa shape index (κ2) is 6.39. The van der Waals surface area contributed by atoms with Crippen molar-refractivity contribution in [2.75, 3.05) is 20.2 Å². The zero-order chi connectivity index (χ0) is 17.3. The normalized spacial score (nSPS) is 26.9. The standard InChI is InChI=1S/C17H22N2O5/c1-24-12-4-6-18-13(8-12)15(21)19-7-5-14(20)17(10-19,16(22)23)9-11-2-3-11/h4,6,8,11,14,20H,2-3,5,7,9-10H2,1H3,(H,22,23)/t14-,17+/m0/s1. The number of carboxylic acid groups (broad SMARTS) is 1. The highest BCUT2D eigenvalue weighted by Gasteiger charge is 2.52. The van der Waals surface area contributed by atoms with Crippen LogP contribution in [0.5, 0.6) is 5.75 Å². The van der Waals surface area contributed by atoms with Crippen LogP contribution in [0.3, 0.4) is 0 Å². The zero-order valence-corrected chi connectivity index (χ0v) is 13.6. The number of piperidine rings is 1. The molecule has 0 bridgehead atoms. The third-order valence-electron chi connectivity index (χ3n) is 5.03. The van der Waals surface area contributed by atoms with Gasteiger partial charge in [0.15, 0.2) is 0 Å². The molecule has 1 saturated heterocycles. The first-order valence-electron chi connectivity index (χ1n) is 8.17. The lowest BCUT2D eigenvalue weighted by Crippen LogP contribution is -2.57. The third kappa shape index (κ3) is 3.08. The van der Waals surface area contributed by atoms with Crippen LogP contribution in [-0.2, 0) is 4.79 Å². The molecule has 1 aliphatic heterocycles. The molecule has 1 amide bonds. The fourth-order valence-corrected chi connectivity index (χ4v) is 3.41. The van der Waals surface area contributed by atoms with Gasteiger partial charge in [0.1, 0.15) is 16.9 Å². The first-order valence-corrected chi connectivity index (χ1v) is 8.17. The van der Waals surface area contributed by atoms with Crippen LogP contribution in [0.4, 0.5) is 0 Å². The zero-order valence-electron chi connectivity index (χ0n) is 13.6. The number of pyridine rings is 1. The molecule has 2 fully saturated rings. The number of hydrogen-bond donors (Lipinski definition) is 2. The predicted octanol–water partition coefficient (Wildman–Crippen LogP) is 1.17. The molecule has 1 aromatic heterocycles. The first kappa shape index (κ1) is 16.7. The second-order valence-electron chi connectivity index (χ2n) is 6.72. The van der Waals surface area contributed by atoms with Crippen molar-refractivity contribution in [3.63, 3.8) is 0 Å². The summed E-state index contributed by atoms with van der Waals surface area (Å²) >= 11 is 0. The smallest absolute Gasteiger partial charge is 0.314 e. The summed E-state index contributed by atoms with van der Waals surface area (Å²) in [4.78, 5) is 30.2. The highest BCUT2D eigenvalue weighted by molar-refractivity contribution is 5.93. The van der Waals surface area contributed by atoms with Gasteiger partial charge in [0.2, 0.25) is 0 Å². The van der Waals surface area contributed by atoms with E-state index in [0.29, 0.717) is 24.6 Å². The number of amides is 1. The Hall–Kier alpha value is -2.15. The highest BCUT2D eigenvalue weighted by atomic mass is 16.5. The van der Waals surface area contributed by atoms with E-state index in [1.807, 2.05) is 0 Å². The summed E-state index contributed by atoms with van der Waals surface area (Å²) in [5, 5.41) is 20.1. The number of nitrogens with zero attached hydrogens (tertiary/aromatic N) is 2. The first-order chi connectivity index (χ1) is 11.5. The Morgan fingerprint density at radius 3 is 2.79 bits per heavy atom. The van der Waals surface area contributed by atoms with Gasteiger partial charge in [-0.25, -0.2) is 0 Å². The predicted molar refractivity (Wildman–Crippen MR) is 84.7 cm³/mol. The van der Waals surface area contributed by atoms with E-state index in [4.69, 9.17) is 4.74 Å². The minimum absolute atomic E-state index is 0.0116. The van der Waals surface area contributed by atoms with E-state index in [0.717, 1.165) is 12.8 Å². The van der Waals surface area contributed by atoms with Gasteiger partial charge in [-0.3, -0.25) is 14.6 Å². The molecule has 0 unspecified atom stereocenters. The van der Waals surface area contributed by atoms with E-state index in [9.17, 15) is 19.8 Å². The molecule has 1 aromatic rings. The fourth-order valence-electron chi connectivity index (χ4n) is 3.41. The molecule has 2 N–H and O–H groups in total. The van der Waals surface area contributed by atoms with E-state index in [1.54, 1.807) is 6.07 Å². The van der Waals surface area contributed by atoms with Gasteiger partial charge < -0.3 is 19.8 Å². The number of likely N-dealkylation sites (tertiary alicyclic amines) is 1. The molecule has 0 radical (unpaired) electrons. The quantitative estimate of drug-likeness (QED) is 0.838. The maximum absolute atomic E-state index is 12.7. The number of rotatable bonds is 5. The molecule has 7 heteroatoms. The van der Waals surface area contributed by atoms with E-state index in [1.165, 1.54) is 24.3 Å². The molecule has 2 atom stereocenters. The average Bonchev–Trinajstić information content (AvgIpc) is 3.40. The van der Waals surface area contributed by atoms with Gasteiger partial charge in [-0.2, -0.15) is 0 Å². The topological polar surface area (TPSA) is 100.0 Å². The van der Waals surface area contributed by atoms with Gasteiger partial charge in [-0.1, -0.05) is 12.8 Å². The van der Waals surface area contributed by atoms with Crippen molar-refractivity contribution in [3.05, 3.63) is 24.0 Å². The lowest BCUT2D eigenvalue weighted by Gasteiger charge is -2.43. The highest BCUT2D eigenvalue weighted by Crippen LogP contribution is 2.45. The molecule has 24 heavy (non-hydrogen) atoms. The molecular weight excluding hydrogens is 312 g/mol. The van der Waals surface area contributed by atoms with Gasteiger partial charge in [-0.05, 0) is 24.8 Å². The number of carbonyl (C=O) groups is 2. The third-order valence-corrected chi connectivity index (χ3v) is 5.03. The Bertz CT molecular complexity index is 646. The van der Waals surface area contributed by atoms with Crippen molar-refractivity contribution >= 4 is 11.9 Å². The van der Waals surface area contributed by atoms with Crippen molar-refractivity contribution < 1.29 is 24.5 Å². The Morgan fingerprint density at radius 1 is 1.42 bits per heavy atom. The lowest BCUT2D eigenvalue weighted by atomic mass is 9.73. The number of ether oxygens (including phenoxy) is 1. The van der Waals surface area contributed by atoms with Crippen LogP contribution in [0.1, 0.15) is 36.2 Å². The number of aromatic nitrogens is 1. The van der Waals surface area contributed by atoms with Crippen LogP contribution >= 0.6 is 0 Å². The van der Waals surface area contributed by atoms with Crippen molar-refractivity contribution in [2.24, 2.45) is 11.3 Å². The van der Waals surface area contributed by atoms with Crippen LogP contribution in [0.2, 0.25) is 0 Å². The summed E-state index contributed by atoms with van der Waals surface area (Å²) in [5.74, 6) is -0.506. The summed E-state index contributed by atoms with van der Waals surface area (Å²) < 4.78 is 5.10. The molecule has 0 aromatic carbocycles. The summed E-state index contributed by atoms with van der Waals surface area (Å²) in [6.07, 6.45) is 3.21. The average molecular weight is 334 g/mol. The number of aliphatic hydroxyl groups excluding tert-OH is 1. The van der Waals surface area contributed by atoms with Crippen molar-refractivity contribution in [2.45, 2.75) is 31.8 Å². The number of carboxylic acids is 1. The summed E-state index contributed by atoms with van der Waals surface area (Å²) in [5.41, 5.74) is -1.06. The number of methoxy groups -OCH3 is 1. The molecule has 1 saturated carbocycles. The molecule has 130 valence electrons. The van der Waals surface area contributed by atoms with Gasteiger partial charge in [0, 0.05) is 25.4 Å². The second-order valence-corrected chi connectivity index (χ2v) is 6.72. The number of hydrogen-bond acceptors (Lipinski definition) is 5. The maximum Gasteiger partial charge on any atom is 0.314 e. The summed E-state index contributed by atoms with van der Waals surface area (Å²) in [6, 6.07) is 3.18. The van der Waals surface area contributed by atoms with Gasteiger partial charge in [0.25, 0.3) is 5.91 Å². The summed E-state index contributed by atoms with van der Waals surface area (Å²) in [7, 11) is 1.51. The van der Waals surface area contributed by atoms with Crippen LogP contribution in [0.25, 0.3) is 0 Å². The van der Waals surface area contributed by atoms with Crippen molar-refractivity contribution in [1.82, 2.24) is 9.88 Å². The van der Waals surface area contributed by atoms with E-state index >= 15 is 0 Å². The van der Waals surface area contributed by atoms with Crippen LogP contribution in [0, 0.1) is 11.3 Å². The monoisotopic (exact) mass is 334 g/mol. The molecule has 2 aliphatic rings. The molecule has 0 spiro atoms. The van der Waals surface area contributed by atoms with Gasteiger partial charge in [0.05, 0.1) is 13.2 Å². The number of carbonyl (C=O) groups excluding carboxylic acids is 1. The largest absolute Gasteiger partial charge is 0.497 e. The Morgan fingerprint density at radius 2 is 2.17 bits per heavy atom. The lowest BCUT2D eigenvalue weighted by molar-refractivity contribution is -0.163. The van der Waals surface area contributed by atoms with Crippen molar-refractivity contribution in [3.8, 4) is 5.75 Å². The van der Waals surface area contributed by atoms with E-state index in [2.05, 4.69) is 4.98 Å². The molecule has 1 aliphatic carbocycles. The maximum atomic E-state index is 12.7. The SMILES string of the molecule is COc1ccnc(C(=O)N2CC[C@H](O)[C@](CC3CC3)(C(=O)O)C2)c1. The molecule has 2 heterocycles. The van der Waals surface area contributed by atoms with Crippen LogP contribution < -0.4 is 4.74 Å². The Labute approximate surface area is 140 Å².